The van der Waals surface area contributed by atoms with E-state index in [1.54, 1.807) is 0 Å². The molecule has 2 aliphatic rings. The van der Waals surface area contributed by atoms with Crippen LogP contribution >= 0.6 is 0 Å². The van der Waals surface area contributed by atoms with Crippen molar-refractivity contribution in [3.05, 3.63) is 35.4 Å². The molecule has 1 aliphatic carbocycles. The molecule has 0 radical (unpaired) electrons. The van der Waals surface area contributed by atoms with Gasteiger partial charge in [-0.15, -0.1) is 0 Å². The molecule has 1 aromatic rings. The zero-order valence-electron chi connectivity index (χ0n) is 11.2. The standard InChI is InChI=1S/C16H21NO2/c17-16(7-3-8-16)11-13(18)10-15-14-5-2-1-4-12(14)6-9-19-15/h1-2,4-5,15H,3,6-11,17H2. The third-order valence-corrected chi connectivity index (χ3v) is 4.40. The van der Waals surface area contributed by atoms with Crippen LogP contribution in [-0.4, -0.2) is 17.9 Å². The highest BCUT2D eigenvalue weighted by molar-refractivity contribution is 5.80. The van der Waals surface area contributed by atoms with E-state index in [0.717, 1.165) is 25.7 Å². The van der Waals surface area contributed by atoms with Gasteiger partial charge in [0.1, 0.15) is 5.78 Å². The van der Waals surface area contributed by atoms with E-state index in [9.17, 15) is 4.79 Å². The molecule has 3 heteroatoms. The number of hydrogen-bond donors (Lipinski definition) is 1. The van der Waals surface area contributed by atoms with Crippen molar-refractivity contribution < 1.29 is 9.53 Å². The Morgan fingerprint density at radius 1 is 1.37 bits per heavy atom. The summed E-state index contributed by atoms with van der Waals surface area (Å²) in [5.74, 6) is 0.240. The van der Waals surface area contributed by atoms with Gasteiger partial charge in [-0.05, 0) is 36.8 Å². The molecular weight excluding hydrogens is 238 g/mol. The van der Waals surface area contributed by atoms with Crippen molar-refractivity contribution in [2.45, 2.75) is 50.2 Å². The monoisotopic (exact) mass is 259 g/mol. The zero-order valence-corrected chi connectivity index (χ0v) is 11.2. The molecular formula is C16H21NO2. The predicted octanol–water partition coefficient (Wildman–Crippen LogP) is 2.53. The average molecular weight is 259 g/mol. The van der Waals surface area contributed by atoms with Crippen LogP contribution in [0.5, 0.6) is 0 Å². The van der Waals surface area contributed by atoms with Gasteiger partial charge in [0.15, 0.2) is 0 Å². The minimum atomic E-state index is -0.217. The second kappa shape index (κ2) is 5.06. The first-order valence-electron chi connectivity index (χ1n) is 7.16. The van der Waals surface area contributed by atoms with E-state index in [-0.39, 0.29) is 17.4 Å². The Labute approximate surface area is 114 Å². The van der Waals surface area contributed by atoms with Gasteiger partial charge in [-0.1, -0.05) is 24.3 Å². The molecule has 3 nitrogen and oxygen atoms in total. The molecule has 19 heavy (non-hydrogen) atoms. The summed E-state index contributed by atoms with van der Waals surface area (Å²) >= 11 is 0. The molecule has 1 fully saturated rings. The fourth-order valence-corrected chi connectivity index (χ4v) is 3.13. The summed E-state index contributed by atoms with van der Waals surface area (Å²) < 4.78 is 5.78. The maximum atomic E-state index is 12.2. The van der Waals surface area contributed by atoms with Gasteiger partial charge in [-0.2, -0.15) is 0 Å². The maximum absolute atomic E-state index is 12.2. The second-order valence-corrected chi connectivity index (χ2v) is 5.94. The van der Waals surface area contributed by atoms with Gasteiger partial charge in [-0.25, -0.2) is 0 Å². The molecule has 2 N–H and O–H groups in total. The minimum absolute atomic E-state index is 0.0684. The summed E-state index contributed by atoms with van der Waals surface area (Å²) in [6, 6.07) is 8.27. The molecule has 0 saturated heterocycles. The zero-order chi connectivity index (χ0) is 13.3. The highest BCUT2D eigenvalue weighted by atomic mass is 16.5. The maximum Gasteiger partial charge on any atom is 0.137 e. The second-order valence-electron chi connectivity index (χ2n) is 5.94. The summed E-state index contributed by atoms with van der Waals surface area (Å²) in [7, 11) is 0. The van der Waals surface area contributed by atoms with E-state index in [1.165, 1.54) is 11.1 Å². The van der Waals surface area contributed by atoms with Crippen molar-refractivity contribution in [1.82, 2.24) is 0 Å². The van der Waals surface area contributed by atoms with Gasteiger partial charge in [-0.3, -0.25) is 4.79 Å². The van der Waals surface area contributed by atoms with Crippen LogP contribution in [0.25, 0.3) is 0 Å². The van der Waals surface area contributed by atoms with Crippen LogP contribution in [0.4, 0.5) is 0 Å². The van der Waals surface area contributed by atoms with Crippen molar-refractivity contribution in [3.8, 4) is 0 Å². The van der Waals surface area contributed by atoms with Crippen LogP contribution in [-0.2, 0) is 16.0 Å². The van der Waals surface area contributed by atoms with E-state index < -0.39 is 0 Å². The Morgan fingerprint density at radius 2 is 2.16 bits per heavy atom. The summed E-state index contributed by atoms with van der Waals surface area (Å²) in [5, 5.41) is 0. The SMILES string of the molecule is NC1(CC(=O)CC2OCCc3ccccc32)CCC1. The minimum Gasteiger partial charge on any atom is -0.373 e. The van der Waals surface area contributed by atoms with Gasteiger partial charge in [0.25, 0.3) is 0 Å². The van der Waals surface area contributed by atoms with Crippen LogP contribution in [0.1, 0.15) is 49.3 Å². The van der Waals surface area contributed by atoms with Crippen molar-refractivity contribution in [2.24, 2.45) is 5.73 Å². The first-order valence-corrected chi connectivity index (χ1v) is 7.16. The normalized spacial score (nSPS) is 24.4. The molecule has 1 aromatic carbocycles. The summed E-state index contributed by atoms with van der Waals surface area (Å²) in [6.07, 6.45) is 4.99. The van der Waals surface area contributed by atoms with E-state index >= 15 is 0 Å². The molecule has 1 aliphatic heterocycles. The van der Waals surface area contributed by atoms with Crippen molar-refractivity contribution in [1.29, 1.82) is 0 Å². The number of benzene rings is 1. The first kappa shape index (κ1) is 12.8. The summed E-state index contributed by atoms with van der Waals surface area (Å²) in [5.41, 5.74) is 8.42. The van der Waals surface area contributed by atoms with Crippen LogP contribution < -0.4 is 5.73 Å². The Bertz CT molecular complexity index is 479. The Hall–Kier alpha value is -1.19. The van der Waals surface area contributed by atoms with Gasteiger partial charge in [0.2, 0.25) is 0 Å². The lowest BCUT2D eigenvalue weighted by Crippen LogP contribution is -2.48. The number of carbonyl (C=O) groups is 1. The Balaban J connectivity index is 1.66. The summed E-state index contributed by atoms with van der Waals surface area (Å²) in [6.45, 7) is 0.711. The number of rotatable bonds is 4. The number of hydrogen-bond acceptors (Lipinski definition) is 3. The molecule has 1 atom stereocenters. The van der Waals surface area contributed by atoms with Crippen molar-refractivity contribution in [2.75, 3.05) is 6.61 Å². The molecule has 1 unspecified atom stereocenters. The molecule has 0 spiro atoms. The fraction of sp³-hybridized carbons (Fsp3) is 0.562. The number of carbonyl (C=O) groups excluding carboxylic acids is 1. The van der Waals surface area contributed by atoms with Gasteiger partial charge in [0.05, 0.1) is 12.7 Å². The third-order valence-electron chi connectivity index (χ3n) is 4.40. The Kier molecular flexibility index (Phi) is 3.42. The van der Waals surface area contributed by atoms with Crippen LogP contribution in [0.15, 0.2) is 24.3 Å². The van der Waals surface area contributed by atoms with Crippen LogP contribution in [0.3, 0.4) is 0 Å². The number of Topliss-reactive ketones (excluding diaryl/α,β-unsaturated/α-hetero) is 1. The molecule has 1 heterocycles. The smallest absolute Gasteiger partial charge is 0.137 e. The third kappa shape index (κ3) is 2.72. The highest BCUT2D eigenvalue weighted by Gasteiger charge is 2.35. The summed E-state index contributed by atoms with van der Waals surface area (Å²) in [4.78, 5) is 12.2. The number of ketones is 1. The average Bonchev–Trinajstić information content (AvgIpc) is 2.37. The lowest BCUT2D eigenvalue weighted by atomic mass is 9.74. The number of ether oxygens (including phenoxy) is 1. The predicted molar refractivity (Wildman–Crippen MR) is 73.8 cm³/mol. The topological polar surface area (TPSA) is 52.3 Å². The van der Waals surface area contributed by atoms with E-state index in [2.05, 4.69) is 12.1 Å². The first-order chi connectivity index (χ1) is 9.16. The largest absolute Gasteiger partial charge is 0.373 e. The molecule has 1 saturated carbocycles. The molecule has 0 bridgehead atoms. The van der Waals surface area contributed by atoms with Gasteiger partial charge < -0.3 is 10.5 Å². The van der Waals surface area contributed by atoms with Crippen molar-refractivity contribution >= 4 is 5.78 Å². The lowest BCUT2D eigenvalue weighted by Gasteiger charge is -2.38. The Morgan fingerprint density at radius 3 is 2.89 bits per heavy atom. The van der Waals surface area contributed by atoms with Gasteiger partial charge >= 0.3 is 0 Å². The fourth-order valence-electron chi connectivity index (χ4n) is 3.13. The van der Waals surface area contributed by atoms with Crippen LogP contribution in [0.2, 0.25) is 0 Å². The molecule has 3 rings (SSSR count). The van der Waals surface area contributed by atoms with E-state index in [4.69, 9.17) is 10.5 Å². The molecule has 0 amide bonds. The van der Waals surface area contributed by atoms with Crippen LogP contribution in [0, 0.1) is 0 Å². The van der Waals surface area contributed by atoms with Gasteiger partial charge in [0, 0.05) is 18.4 Å². The van der Waals surface area contributed by atoms with E-state index in [0.29, 0.717) is 19.4 Å². The number of nitrogens with two attached hydrogens (primary N) is 1. The van der Waals surface area contributed by atoms with E-state index in [1.807, 2.05) is 12.1 Å². The number of fused-ring (bicyclic) bond motifs is 1. The lowest BCUT2D eigenvalue weighted by molar-refractivity contribution is -0.124. The quantitative estimate of drug-likeness (QED) is 0.904. The molecule has 0 aromatic heterocycles. The van der Waals surface area contributed by atoms with Crippen molar-refractivity contribution in [3.63, 3.8) is 0 Å². The molecule has 102 valence electrons. The highest BCUT2D eigenvalue weighted by Crippen LogP contribution is 2.35.